The lowest BCUT2D eigenvalue weighted by Gasteiger charge is -2.32. The molecule has 2 aromatic carbocycles. The average molecular weight is 575 g/mol. The van der Waals surface area contributed by atoms with Crippen LogP contribution < -0.4 is 15.5 Å². The highest BCUT2D eigenvalue weighted by atomic mass is 32.2. The second-order valence-corrected chi connectivity index (χ2v) is 13.3. The van der Waals surface area contributed by atoms with Gasteiger partial charge < -0.3 is 24.1 Å². The van der Waals surface area contributed by atoms with Gasteiger partial charge in [-0.25, -0.2) is 18.0 Å². The van der Waals surface area contributed by atoms with Gasteiger partial charge in [-0.3, -0.25) is 4.72 Å². The van der Waals surface area contributed by atoms with Crippen molar-refractivity contribution in [3.05, 3.63) is 54.1 Å². The van der Waals surface area contributed by atoms with Crippen LogP contribution in [-0.4, -0.2) is 57.1 Å². The van der Waals surface area contributed by atoms with Crippen LogP contribution in [0.25, 0.3) is 0 Å². The van der Waals surface area contributed by atoms with Crippen LogP contribution in [0, 0.1) is 0 Å². The Morgan fingerprint density at radius 1 is 0.950 bits per heavy atom. The van der Waals surface area contributed by atoms with Gasteiger partial charge in [0.25, 0.3) is 10.0 Å². The van der Waals surface area contributed by atoms with E-state index in [2.05, 4.69) is 10.0 Å². The molecule has 0 radical (unpaired) electrons. The predicted octanol–water partition coefficient (Wildman–Crippen LogP) is 3.79. The molecule has 1 saturated heterocycles. The van der Waals surface area contributed by atoms with Gasteiger partial charge in [-0.05, 0) is 90.7 Å². The van der Waals surface area contributed by atoms with Crippen molar-refractivity contribution < 1.29 is 36.8 Å². The fourth-order valence-corrected chi connectivity index (χ4v) is 4.89. The Hall–Kier alpha value is -3.09. The maximum absolute atomic E-state index is 13.0. The van der Waals surface area contributed by atoms with Crippen molar-refractivity contribution in [2.45, 2.75) is 89.6 Å². The van der Waals surface area contributed by atoms with E-state index >= 15 is 0 Å². The Labute approximate surface area is 237 Å². The minimum atomic E-state index is -3.87. The molecule has 3 rings (SSSR count). The van der Waals surface area contributed by atoms with Crippen molar-refractivity contribution in [2.24, 2.45) is 0 Å². The number of anilines is 1. The van der Waals surface area contributed by atoms with Crippen LogP contribution >= 0.6 is 0 Å². The molecule has 0 unspecified atom stereocenters. The van der Waals surface area contributed by atoms with Gasteiger partial charge in [0.05, 0.1) is 22.7 Å². The lowest BCUT2D eigenvalue weighted by atomic mass is 9.79. The largest absolute Gasteiger partial charge is 0.494 e. The first kappa shape index (κ1) is 31.4. The predicted molar refractivity (Wildman–Crippen MR) is 153 cm³/mol. The molecule has 2 aromatic rings. The van der Waals surface area contributed by atoms with Gasteiger partial charge >= 0.3 is 19.2 Å². The fraction of sp³-hybridized carbons (Fsp3) is 0.500. The van der Waals surface area contributed by atoms with E-state index in [4.69, 9.17) is 18.8 Å². The van der Waals surface area contributed by atoms with Crippen LogP contribution in [0.3, 0.4) is 0 Å². The molecule has 1 aliphatic heterocycles. The second kappa shape index (κ2) is 11.8. The molecule has 12 heteroatoms. The zero-order valence-electron chi connectivity index (χ0n) is 24.4. The number of ether oxygens (including phenoxy) is 2. The molecule has 40 heavy (non-hydrogen) atoms. The van der Waals surface area contributed by atoms with Crippen LogP contribution in [0.2, 0.25) is 0 Å². The first-order valence-electron chi connectivity index (χ1n) is 13.2. The van der Waals surface area contributed by atoms with E-state index < -0.39 is 52.0 Å². The van der Waals surface area contributed by atoms with E-state index in [9.17, 15) is 18.0 Å². The third-order valence-electron chi connectivity index (χ3n) is 6.62. The van der Waals surface area contributed by atoms with Crippen LogP contribution in [0.4, 0.5) is 10.5 Å². The van der Waals surface area contributed by atoms with E-state index in [1.54, 1.807) is 64.1 Å². The third-order valence-corrected chi connectivity index (χ3v) is 8.02. The van der Waals surface area contributed by atoms with E-state index in [1.165, 1.54) is 12.1 Å². The van der Waals surface area contributed by atoms with Crippen molar-refractivity contribution in [2.75, 3.05) is 11.3 Å². The highest BCUT2D eigenvalue weighted by Gasteiger charge is 2.51. The highest BCUT2D eigenvalue weighted by molar-refractivity contribution is 7.92. The monoisotopic (exact) mass is 574 g/mol. The number of hydrogen-bond donors (Lipinski definition) is 2. The van der Waals surface area contributed by atoms with Crippen molar-refractivity contribution in [1.29, 1.82) is 0 Å². The summed E-state index contributed by atoms with van der Waals surface area (Å²) in [4.78, 5) is 24.8. The van der Waals surface area contributed by atoms with Crippen molar-refractivity contribution >= 4 is 40.4 Å². The summed E-state index contributed by atoms with van der Waals surface area (Å²) in [5, 5.41) is 2.55. The normalized spacial score (nSPS) is 17.1. The van der Waals surface area contributed by atoms with Crippen molar-refractivity contribution in [3.8, 4) is 0 Å². The van der Waals surface area contributed by atoms with Gasteiger partial charge in [0.2, 0.25) is 0 Å². The Balaban J connectivity index is 1.67. The molecular weight excluding hydrogens is 535 g/mol. The van der Waals surface area contributed by atoms with Gasteiger partial charge in [-0.15, -0.1) is 0 Å². The molecule has 1 aliphatic rings. The third kappa shape index (κ3) is 7.99. The quantitative estimate of drug-likeness (QED) is 0.342. The number of alkyl carbamates (subject to hydrolysis) is 1. The summed E-state index contributed by atoms with van der Waals surface area (Å²) >= 11 is 0. The van der Waals surface area contributed by atoms with Crippen LogP contribution in [0.1, 0.15) is 61.0 Å². The summed E-state index contributed by atoms with van der Waals surface area (Å²) in [7, 11) is -4.46. The molecule has 10 nitrogen and oxygen atoms in total. The second-order valence-electron chi connectivity index (χ2n) is 11.6. The van der Waals surface area contributed by atoms with Gasteiger partial charge in [0.15, 0.2) is 0 Å². The zero-order chi connectivity index (χ0) is 29.9. The number of sulfonamides is 1. The van der Waals surface area contributed by atoms with E-state index in [-0.39, 0.29) is 17.9 Å². The summed E-state index contributed by atoms with van der Waals surface area (Å²) in [6.45, 7) is 14.8. The molecule has 2 N–H and O–H groups in total. The van der Waals surface area contributed by atoms with E-state index in [0.717, 1.165) is 5.46 Å². The number of carbonyl (C=O) groups excluding carboxylic acids is 2. The van der Waals surface area contributed by atoms with E-state index in [0.29, 0.717) is 11.3 Å². The molecule has 218 valence electrons. The van der Waals surface area contributed by atoms with Crippen LogP contribution in [0.5, 0.6) is 0 Å². The Morgan fingerprint density at radius 3 is 2.00 bits per heavy atom. The number of carbonyl (C=O) groups is 2. The van der Waals surface area contributed by atoms with Crippen LogP contribution in [0.15, 0.2) is 53.4 Å². The summed E-state index contributed by atoms with van der Waals surface area (Å²) < 4.78 is 51.0. The van der Waals surface area contributed by atoms with Gasteiger partial charge in [-0.1, -0.05) is 24.3 Å². The van der Waals surface area contributed by atoms with Gasteiger partial charge in [0, 0.05) is 12.1 Å². The van der Waals surface area contributed by atoms with Crippen molar-refractivity contribution in [3.63, 3.8) is 0 Å². The number of rotatable bonds is 9. The Morgan fingerprint density at radius 2 is 1.50 bits per heavy atom. The van der Waals surface area contributed by atoms with Gasteiger partial charge in [-0.2, -0.15) is 0 Å². The lowest BCUT2D eigenvalue weighted by Crippen LogP contribution is -2.45. The molecule has 0 aromatic heterocycles. The number of benzene rings is 2. The standard InChI is InChI=1S/C28H39BN2O8S/c1-9-36-24(32)23(30-25(33)37-26(2,3)4)18-19-10-14-21(15-11-19)31-40(34,35)22-16-12-20(13-17-22)29-38-27(5,6)28(7,8)39-29/h10-17,23,31H,9,18H2,1-8H3,(H,30,33)/t23-/m0/s1. The molecule has 0 spiro atoms. The summed E-state index contributed by atoms with van der Waals surface area (Å²) in [6.07, 6.45) is -0.606. The van der Waals surface area contributed by atoms with Gasteiger partial charge in [0.1, 0.15) is 11.6 Å². The molecule has 0 saturated carbocycles. The first-order chi connectivity index (χ1) is 18.4. The zero-order valence-corrected chi connectivity index (χ0v) is 25.2. The lowest BCUT2D eigenvalue weighted by molar-refractivity contribution is -0.145. The van der Waals surface area contributed by atoms with E-state index in [1.807, 2.05) is 27.7 Å². The molecule has 0 aliphatic carbocycles. The minimum absolute atomic E-state index is 0.0841. The molecule has 1 amide bonds. The minimum Gasteiger partial charge on any atom is -0.464 e. The number of nitrogens with one attached hydrogen (secondary N) is 2. The summed E-state index contributed by atoms with van der Waals surface area (Å²) in [5.41, 5.74) is 0.0127. The maximum Gasteiger partial charge on any atom is 0.494 e. The Kier molecular flexibility index (Phi) is 9.27. The van der Waals surface area contributed by atoms with Crippen LogP contribution in [-0.2, 0) is 40.0 Å². The molecular formula is C28H39BN2O8S. The maximum atomic E-state index is 13.0. The molecule has 1 fully saturated rings. The summed E-state index contributed by atoms with van der Waals surface area (Å²) in [5.74, 6) is -0.595. The topological polar surface area (TPSA) is 129 Å². The molecule has 1 atom stereocenters. The van der Waals surface area contributed by atoms with Crippen molar-refractivity contribution in [1.82, 2.24) is 5.32 Å². The Bertz CT molecular complexity index is 1290. The average Bonchev–Trinajstić information content (AvgIpc) is 3.05. The first-order valence-corrected chi connectivity index (χ1v) is 14.6. The summed E-state index contributed by atoms with van der Waals surface area (Å²) in [6, 6.07) is 11.9. The fourth-order valence-electron chi connectivity index (χ4n) is 3.83. The number of amides is 1. The SMILES string of the molecule is CCOC(=O)[C@H](Cc1ccc(NS(=O)(=O)c2ccc(B3OC(C)(C)C(C)(C)O3)cc2)cc1)NC(=O)OC(C)(C)C. The highest BCUT2D eigenvalue weighted by Crippen LogP contribution is 2.36. The molecule has 0 bridgehead atoms. The smallest absolute Gasteiger partial charge is 0.464 e. The molecule has 1 heterocycles. The number of esters is 1. The number of hydrogen-bond acceptors (Lipinski definition) is 8.